The molecule has 1 aromatic heterocycles. The first kappa shape index (κ1) is 20.1. The molecule has 3 N–H and O–H groups in total. The Balaban J connectivity index is 1.22. The first-order chi connectivity index (χ1) is 15.6. The maximum atomic E-state index is 12.6. The van der Waals surface area contributed by atoms with E-state index >= 15 is 0 Å². The quantitative estimate of drug-likeness (QED) is 0.541. The van der Waals surface area contributed by atoms with Gasteiger partial charge in [-0.05, 0) is 55.8 Å². The molecule has 3 amide bonds. The molecule has 1 saturated heterocycles. The summed E-state index contributed by atoms with van der Waals surface area (Å²) >= 11 is 0. The number of fused-ring (bicyclic) bond motifs is 1. The lowest BCUT2D eigenvalue weighted by Crippen LogP contribution is -2.29. The first-order valence-corrected chi connectivity index (χ1v) is 10.7. The van der Waals surface area contributed by atoms with E-state index in [1.807, 2.05) is 6.07 Å². The summed E-state index contributed by atoms with van der Waals surface area (Å²) in [6.07, 6.45) is 2.09. The third-order valence-corrected chi connectivity index (χ3v) is 6.05. The van der Waals surface area contributed by atoms with Gasteiger partial charge in [0.05, 0.1) is 17.7 Å². The summed E-state index contributed by atoms with van der Waals surface area (Å²) in [5, 5.41) is 13.4. The summed E-state index contributed by atoms with van der Waals surface area (Å²) in [6, 6.07) is 15.6. The van der Waals surface area contributed by atoms with E-state index in [9.17, 15) is 14.4 Å². The molecule has 32 heavy (non-hydrogen) atoms. The molecule has 2 aromatic carbocycles. The number of piperidine rings is 1. The monoisotopic (exact) mass is 429 g/mol. The number of carbonyl (C=O) groups excluding carboxylic acids is 3. The van der Waals surface area contributed by atoms with Crippen LogP contribution in [-0.4, -0.2) is 45.9 Å². The number of aromatic amines is 1. The van der Waals surface area contributed by atoms with Crippen molar-refractivity contribution in [2.75, 3.05) is 18.4 Å². The van der Waals surface area contributed by atoms with Gasteiger partial charge in [-0.3, -0.25) is 24.4 Å². The van der Waals surface area contributed by atoms with Crippen molar-refractivity contribution in [2.45, 2.75) is 25.3 Å². The highest BCUT2D eigenvalue weighted by atomic mass is 16.2. The number of H-pyrrole nitrogens is 1. The molecule has 0 bridgehead atoms. The zero-order valence-electron chi connectivity index (χ0n) is 17.4. The Morgan fingerprint density at radius 1 is 1.00 bits per heavy atom. The number of carbonyl (C=O) groups is 3. The van der Waals surface area contributed by atoms with Gasteiger partial charge in [0.25, 0.3) is 17.7 Å². The number of imide groups is 1. The molecule has 8 heteroatoms. The summed E-state index contributed by atoms with van der Waals surface area (Å²) in [5.41, 5.74) is 3.14. The third-order valence-electron chi connectivity index (χ3n) is 6.05. The van der Waals surface area contributed by atoms with Gasteiger partial charge in [0, 0.05) is 23.2 Å². The van der Waals surface area contributed by atoms with E-state index in [1.165, 1.54) is 4.90 Å². The second-order valence-corrected chi connectivity index (χ2v) is 8.13. The Hall–Kier alpha value is -3.78. The summed E-state index contributed by atoms with van der Waals surface area (Å²) in [6.45, 7) is 2.13. The molecule has 2 aliphatic rings. The van der Waals surface area contributed by atoms with Crippen molar-refractivity contribution in [3.05, 3.63) is 82.5 Å². The van der Waals surface area contributed by atoms with Crippen LogP contribution in [-0.2, 0) is 6.54 Å². The largest absolute Gasteiger partial charge is 0.317 e. The average molecular weight is 429 g/mol. The van der Waals surface area contributed by atoms with Crippen molar-refractivity contribution in [1.82, 2.24) is 20.4 Å². The number of nitrogens with one attached hydrogen (secondary N) is 3. The zero-order chi connectivity index (χ0) is 22.1. The summed E-state index contributed by atoms with van der Waals surface area (Å²) < 4.78 is 0. The lowest BCUT2D eigenvalue weighted by atomic mass is 9.95. The van der Waals surface area contributed by atoms with Gasteiger partial charge >= 0.3 is 0 Å². The fraction of sp³-hybridized carbons (Fsp3) is 0.250. The summed E-state index contributed by atoms with van der Waals surface area (Å²) in [7, 11) is 0. The van der Waals surface area contributed by atoms with E-state index in [0.29, 0.717) is 28.4 Å². The second kappa shape index (κ2) is 8.39. The molecule has 0 atom stereocenters. The molecule has 3 aromatic rings. The highest BCUT2D eigenvalue weighted by molar-refractivity contribution is 6.21. The molecule has 0 radical (unpaired) electrons. The van der Waals surface area contributed by atoms with Gasteiger partial charge in [0.1, 0.15) is 0 Å². The maximum absolute atomic E-state index is 12.6. The molecule has 0 spiro atoms. The average Bonchev–Trinajstić information content (AvgIpc) is 3.39. The maximum Gasteiger partial charge on any atom is 0.261 e. The van der Waals surface area contributed by atoms with Crippen LogP contribution < -0.4 is 10.6 Å². The van der Waals surface area contributed by atoms with E-state index in [2.05, 4.69) is 20.8 Å². The van der Waals surface area contributed by atoms with Gasteiger partial charge in [-0.25, -0.2) is 0 Å². The molecule has 2 aliphatic heterocycles. The Morgan fingerprint density at radius 3 is 2.31 bits per heavy atom. The van der Waals surface area contributed by atoms with Crippen LogP contribution in [0.3, 0.4) is 0 Å². The van der Waals surface area contributed by atoms with E-state index in [-0.39, 0.29) is 24.3 Å². The molecule has 0 unspecified atom stereocenters. The minimum absolute atomic E-state index is 0.160. The number of anilines is 1. The predicted octanol–water partition coefficient (Wildman–Crippen LogP) is 2.93. The van der Waals surface area contributed by atoms with Gasteiger partial charge in [-0.2, -0.15) is 5.10 Å². The zero-order valence-corrected chi connectivity index (χ0v) is 17.4. The summed E-state index contributed by atoms with van der Waals surface area (Å²) in [4.78, 5) is 38.9. The molecule has 0 saturated carbocycles. The molecular formula is C24H23N5O3. The third kappa shape index (κ3) is 3.80. The smallest absolute Gasteiger partial charge is 0.261 e. The van der Waals surface area contributed by atoms with Crippen LogP contribution in [0.4, 0.5) is 5.82 Å². The lowest BCUT2D eigenvalue weighted by molar-refractivity contribution is 0.0642. The number of benzene rings is 2. The molecule has 3 heterocycles. The van der Waals surface area contributed by atoms with Crippen molar-refractivity contribution in [3.63, 3.8) is 0 Å². The van der Waals surface area contributed by atoms with E-state index < -0.39 is 0 Å². The molecule has 8 nitrogen and oxygen atoms in total. The summed E-state index contributed by atoms with van der Waals surface area (Å²) in [5.74, 6) is 0.0705. The van der Waals surface area contributed by atoms with Gasteiger partial charge in [-0.15, -0.1) is 0 Å². The topological polar surface area (TPSA) is 107 Å². The number of amides is 3. The van der Waals surface area contributed by atoms with Crippen LogP contribution in [0.2, 0.25) is 0 Å². The molecule has 162 valence electrons. The van der Waals surface area contributed by atoms with Crippen molar-refractivity contribution in [1.29, 1.82) is 0 Å². The number of hydrogen-bond donors (Lipinski definition) is 3. The van der Waals surface area contributed by atoms with Crippen LogP contribution in [0, 0.1) is 0 Å². The fourth-order valence-electron chi connectivity index (χ4n) is 4.26. The molecular weight excluding hydrogens is 406 g/mol. The van der Waals surface area contributed by atoms with Gasteiger partial charge in [-0.1, -0.05) is 24.3 Å². The minimum Gasteiger partial charge on any atom is -0.317 e. The van der Waals surface area contributed by atoms with E-state index in [0.717, 1.165) is 37.2 Å². The SMILES string of the molecule is O=C(Nc1cc(C2CCNCC2)[nH]n1)c1ccc(CN2C(=O)c3ccccc3C2=O)cc1. The van der Waals surface area contributed by atoms with E-state index in [4.69, 9.17) is 0 Å². The van der Waals surface area contributed by atoms with E-state index in [1.54, 1.807) is 48.5 Å². The van der Waals surface area contributed by atoms with Gasteiger partial charge in [0.2, 0.25) is 0 Å². The van der Waals surface area contributed by atoms with Crippen molar-refractivity contribution < 1.29 is 14.4 Å². The first-order valence-electron chi connectivity index (χ1n) is 10.7. The highest BCUT2D eigenvalue weighted by Crippen LogP contribution is 2.26. The predicted molar refractivity (Wildman–Crippen MR) is 118 cm³/mol. The standard InChI is InChI=1S/C24H23N5O3/c30-22(26-21-13-20(27-28-21)16-9-11-25-12-10-16)17-7-5-15(6-8-17)14-29-23(31)18-3-1-2-4-19(18)24(29)32/h1-8,13,16,25H,9-12,14H2,(H2,26,27,28,30). The van der Waals surface area contributed by atoms with Crippen LogP contribution in [0.5, 0.6) is 0 Å². The highest BCUT2D eigenvalue weighted by Gasteiger charge is 2.34. The van der Waals surface area contributed by atoms with Crippen LogP contribution >= 0.6 is 0 Å². The molecule has 0 aliphatic carbocycles. The fourth-order valence-corrected chi connectivity index (χ4v) is 4.26. The van der Waals surface area contributed by atoms with Crippen molar-refractivity contribution in [3.8, 4) is 0 Å². The molecule has 1 fully saturated rings. The second-order valence-electron chi connectivity index (χ2n) is 8.13. The van der Waals surface area contributed by atoms with Gasteiger partial charge in [0.15, 0.2) is 5.82 Å². The Labute approximate surface area is 185 Å². The number of rotatable bonds is 5. The Morgan fingerprint density at radius 2 is 1.66 bits per heavy atom. The Kier molecular flexibility index (Phi) is 5.28. The van der Waals surface area contributed by atoms with Crippen molar-refractivity contribution in [2.24, 2.45) is 0 Å². The normalized spacial score (nSPS) is 16.3. The van der Waals surface area contributed by atoms with Crippen LogP contribution in [0.1, 0.15) is 61.1 Å². The minimum atomic E-state index is -0.296. The number of nitrogens with zero attached hydrogens (tertiary/aromatic N) is 2. The molecule has 5 rings (SSSR count). The van der Waals surface area contributed by atoms with Crippen LogP contribution in [0.15, 0.2) is 54.6 Å². The number of hydrogen-bond acceptors (Lipinski definition) is 5. The van der Waals surface area contributed by atoms with Gasteiger partial charge < -0.3 is 10.6 Å². The number of aromatic nitrogens is 2. The van der Waals surface area contributed by atoms with Crippen LogP contribution in [0.25, 0.3) is 0 Å². The Bertz CT molecular complexity index is 1140. The van der Waals surface area contributed by atoms with Crippen molar-refractivity contribution >= 4 is 23.5 Å². The lowest BCUT2D eigenvalue weighted by Gasteiger charge is -2.20.